The van der Waals surface area contributed by atoms with Crippen LogP contribution in [0.3, 0.4) is 0 Å². The van der Waals surface area contributed by atoms with Crippen molar-refractivity contribution in [2.45, 2.75) is 13.1 Å². The van der Waals surface area contributed by atoms with Gasteiger partial charge in [-0.2, -0.15) is 0 Å². The van der Waals surface area contributed by atoms with E-state index in [9.17, 15) is 10.1 Å². The van der Waals surface area contributed by atoms with E-state index in [4.69, 9.17) is 17.3 Å². The van der Waals surface area contributed by atoms with Gasteiger partial charge < -0.3 is 5.73 Å². The lowest BCUT2D eigenvalue weighted by molar-refractivity contribution is -0.384. The third-order valence-corrected chi connectivity index (χ3v) is 3.86. The molecule has 21 heavy (non-hydrogen) atoms. The van der Waals surface area contributed by atoms with Crippen LogP contribution in [-0.4, -0.2) is 21.9 Å². The van der Waals surface area contributed by atoms with Crippen molar-refractivity contribution in [1.29, 1.82) is 0 Å². The molecule has 9 heteroatoms. The number of benzene rings is 1. The van der Waals surface area contributed by atoms with Gasteiger partial charge in [0.2, 0.25) is 0 Å². The number of anilines is 1. The number of nitro groups is 1. The fraction of sp³-hybridized carbons (Fsp3) is 0.250. The normalized spacial score (nSPS) is 10.4. The smallest absolute Gasteiger partial charge is 0.269 e. The Hall–Kier alpha value is -1.41. The molecule has 0 aliphatic rings. The maximum absolute atomic E-state index is 10.8. The summed E-state index contributed by atoms with van der Waals surface area (Å²) in [6.07, 6.45) is 1.73. The minimum Gasteiger partial charge on any atom is -0.375 e. The molecule has 2 rings (SSSR count). The molecule has 114 valence electrons. The molecule has 0 spiro atoms. The largest absolute Gasteiger partial charge is 0.375 e. The summed E-state index contributed by atoms with van der Waals surface area (Å²) in [6.45, 7) is 1.17. The maximum Gasteiger partial charge on any atom is 0.269 e. The van der Waals surface area contributed by atoms with Crippen LogP contribution in [-0.2, 0) is 13.1 Å². The fourth-order valence-electron chi connectivity index (χ4n) is 1.80. The Labute approximate surface area is 137 Å². The Morgan fingerprint density at radius 1 is 1.48 bits per heavy atom. The first-order chi connectivity index (χ1) is 9.45. The van der Waals surface area contributed by atoms with Crippen LogP contribution in [0.25, 0.3) is 0 Å². The van der Waals surface area contributed by atoms with Crippen LogP contribution < -0.4 is 5.73 Å². The number of nitro benzene ring substituents is 1. The molecule has 0 fully saturated rings. The first kappa shape index (κ1) is 17.6. The molecule has 0 unspecified atom stereocenters. The van der Waals surface area contributed by atoms with Crippen LogP contribution in [0.4, 0.5) is 10.8 Å². The van der Waals surface area contributed by atoms with Gasteiger partial charge in [0, 0.05) is 41.3 Å². The standard InChI is InChI=1S/C12H13ClN4O2S.ClH/c1-16(7-10-5-15-12(14)20-10)6-8-4-9(17(18)19)2-3-11(8)13;/h2-5H,6-7H2,1H3,(H2,14,15);1H. The highest BCUT2D eigenvalue weighted by atomic mass is 35.5. The summed E-state index contributed by atoms with van der Waals surface area (Å²) in [5, 5.41) is 11.8. The molecule has 0 radical (unpaired) electrons. The predicted molar refractivity (Wildman–Crippen MR) is 87.1 cm³/mol. The molecule has 0 aliphatic carbocycles. The van der Waals surface area contributed by atoms with E-state index < -0.39 is 4.92 Å². The zero-order valence-electron chi connectivity index (χ0n) is 11.2. The summed E-state index contributed by atoms with van der Waals surface area (Å²) in [7, 11) is 1.91. The Morgan fingerprint density at radius 2 is 2.19 bits per heavy atom. The summed E-state index contributed by atoms with van der Waals surface area (Å²) >= 11 is 7.50. The van der Waals surface area contributed by atoms with Crippen molar-refractivity contribution in [2.24, 2.45) is 0 Å². The average Bonchev–Trinajstić information content (AvgIpc) is 2.77. The number of hydrogen-bond donors (Lipinski definition) is 1. The highest BCUT2D eigenvalue weighted by molar-refractivity contribution is 7.15. The summed E-state index contributed by atoms with van der Waals surface area (Å²) in [5.41, 5.74) is 6.34. The van der Waals surface area contributed by atoms with Crippen LogP contribution >= 0.6 is 35.3 Å². The lowest BCUT2D eigenvalue weighted by Gasteiger charge is -2.16. The van der Waals surface area contributed by atoms with Crippen LogP contribution in [0, 0.1) is 10.1 Å². The molecule has 0 bridgehead atoms. The second kappa shape index (κ2) is 7.56. The lowest BCUT2D eigenvalue weighted by atomic mass is 10.2. The Bertz CT molecular complexity index is 635. The van der Waals surface area contributed by atoms with Gasteiger partial charge in [0.25, 0.3) is 5.69 Å². The zero-order valence-corrected chi connectivity index (χ0v) is 13.5. The van der Waals surface area contributed by atoms with Gasteiger partial charge in [-0.1, -0.05) is 11.6 Å². The number of halogens is 2. The SMILES string of the molecule is CN(Cc1cnc(N)s1)Cc1cc([N+](=O)[O-])ccc1Cl.Cl. The van der Waals surface area contributed by atoms with Gasteiger partial charge in [0.1, 0.15) is 0 Å². The molecule has 2 aromatic rings. The van der Waals surface area contributed by atoms with Crippen molar-refractivity contribution < 1.29 is 4.92 Å². The summed E-state index contributed by atoms with van der Waals surface area (Å²) < 4.78 is 0. The molecule has 0 saturated carbocycles. The Kier molecular flexibility index (Phi) is 6.35. The van der Waals surface area contributed by atoms with Crippen LogP contribution in [0.15, 0.2) is 24.4 Å². The van der Waals surface area contributed by atoms with E-state index in [2.05, 4.69) is 4.98 Å². The molecule has 0 saturated heterocycles. The third kappa shape index (κ3) is 4.82. The van der Waals surface area contributed by atoms with E-state index in [0.717, 1.165) is 10.4 Å². The van der Waals surface area contributed by atoms with Crippen LogP contribution in [0.2, 0.25) is 5.02 Å². The van der Waals surface area contributed by atoms with Crippen molar-refractivity contribution in [3.8, 4) is 0 Å². The number of nitrogens with two attached hydrogens (primary N) is 1. The second-order valence-corrected chi connectivity index (χ2v) is 5.92. The number of hydrogen-bond acceptors (Lipinski definition) is 6. The van der Waals surface area contributed by atoms with Crippen molar-refractivity contribution in [1.82, 2.24) is 9.88 Å². The Morgan fingerprint density at radius 3 is 2.76 bits per heavy atom. The molecule has 0 atom stereocenters. The quantitative estimate of drug-likeness (QED) is 0.661. The maximum atomic E-state index is 10.8. The predicted octanol–water partition coefficient (Wildman–Crippen LogP) is 3.34. The summed E-state index contributed by atoms with van der Waals surface area (Å²) in [5.74, 6) is 0. The molecule has 1 aromatic heterocycles. The van der Waals surface area contributed by atoms with E-state index in [1.165, 1.54) is 23.5 Å². The molecular formula is C12H14Cl2N4O2S. The van der Waals surface area contributed by atoms with E-state index in [0.29, 0.717) is 23.2 Å². The van der Waals surface area contributed by atoms with Crippen molar-refractivity contribution in [3.63, 3.8) is 0 Å². The molecule has 2 N–H and O–H groups in total. The van der Waals surface area contributed by atoms with Gasteiger partial charge in [-0.3, -0.25) is 15.0 Å². The molecule has 1 heterocycles. The topological polar surface area (TPSA) is 85.3 Å². The van der Waals surface area contributed by atoms with Gasteiger partial charge in [0.05, 0.1) is 4.92 Å². The molecular weight excluding hydrogens is 335 g/mol. The number of thiazole rings is 1. The number of rotatable bonds is 5. The van der Waals surface area contributed by atoms with Crippen molar-refractivity contribution >= 4 is 46.2 Å². The Balaban J connectivity index is 0.00000220. The number of nitrogens with zero attached hydrogens (tertiary/aromatic N) is 3. The summed E-state index contributed by atoms with van der Waals surface area (Å²) in [6, 6.07) is 4.45. The van der Waals surface area contributed by atoms with E-state index in [1.807, 2.05) is 11.9 Å². The average molecular weight is 349 g/mol. The number of nitrogen functional groups attached to an aromatic ring is 1. The van der Waals surface area contributed by atoms with Gasteiger partial charge in [0.15, 0.2) is 5.13 Å². The highest BCUT2D eigenvalue weighted by Crippen LogP contribution is 2.24. The van der Waals surface area contributed by atoms with E-state index in [-0.39, 0.29) is 18.1 Å². The second-order valence-electron chi connectivity index (χ2n) is 4.37. The van der Waals surface area contributed by atoms with E-state index in [1.54, 1.807) is 12.3 Å². The van der Waals surface area contributed by atoms with Gasteiger partial charge in [-0.15, -0.1) is 23.7 Å². The first-order valence-electron chi connectivity index (χ1n) is 5.77. The monoisotopic (exact) mass is 348 g/mol. The molecule has 0 aliphatic heterocycles. The minimum absolute atomic E-state index is 0. The molecule has 0 amide bonds. The molecule has 1 aromatic carbocycles. The van der Waals surface area contributed by atoms with Crippen LogP contribution in [0.1, 0.15) is 10.4 Å². The first-order valence-corrected chi connectivity index (χ1v) is 6.96. The van der Waals surface area contributed by atoms with Gasteiger partial charge in [-0.25, -0.2) is 4.98 Å². The van der Waals surface area contributed by atoms with Crippen LogP contribution in [0.5, 0.6) is 0 Å². The highest BCUT2D eigenvalue weighted by Gasteiger charge is 2.12. The van der Waals surface area contributed by atoms with Crippen molar-refractivity contribution in [3.05, 3.63) is 50.0 Å². The fourth-order valence-corrected chi connectivity index (χ4v) is 2.75. The van der Waals surface area contributed by atoms with Crippen molar-refractivity contribution in [2.75, 3.05) is 12.8 Å². The van der Waals surface area contributed by atoms with Gasteiger partial charge >= 0.3 is 0 Å². The number of non-ortho nitro benzene ring substituents is 1. The summed E-state index contributed by atoms with van der Waals surface area (Å²) in [4.78, 5) is 17.4. The minimum atomic E-state index is -0.427. The molecule has 6 nitrogen and oxygen atoms in total. The van der Waals surface area contributed by atoms with Gasteiger partial charge in [-0.05, 0) is 18.7 Å². The number of aromatic nitrogens is 1. The zero-order chi connectivity index (χ0) is 14.7. The third-order valence-electron chi connectivity index (χ3n) is 2.68. The lowest BCUT2D eigenvalue weighted by Crippen LogP contribution is -2.16. The van der Waals surface area contributed by atoms with E-state index >= 15 is 0 Å².